The van der Waals surface area contributed by atoms with E-state index in [1.165, 1.54) is 0 Å². The molecule has 1 unspecified atom stereocenters. The molecule has 2 atom stereocenters. The van der Waals surface area contributed by atoms with Crippen molar-refractivity contribution >= 4 is 18.0 Å². The quantitative estimate of drug-likeness (QED) is 0.576. The predicted molar refractivity (Wildman–Crippen MR) is 133 cm³/mol. The third kappa shape index (κ3) is 4.64. The summed E-state index contributed by atoms with van der Waals surface area (Å²) in [4.78, 5) is 39.6. The van der Waals surface area contributed by atoms with Crippen LogP contribution in [0.5, 0.6) is 0 Å². The molecule has 0 spiro atoms. The molecule has 0 aromatic heterocycles. The van der Waals surface area contributed by atoms with Crippen LogP contribution in [0.4, 0.5) is 4.79 Å². The zero-order valence-electron chi connectivity index (χ0n) is 20.6. The van der Waals surface area contributed by atoms with Gasteiger partial charge in [-0.05, 0) is 41.0 Å². The van der Waals surface area contributed by atoms with Crippen molar-refractivity contribution in [3.8, 4) is 11.1 Å². The van der Waals surface area contributed by atoms with Gasteiger partial charge in [-0.2, -0.15) is 0 Å². The van der Waals surface area contributed by atoms with Crippen molar-refractivity contribution in [2.24, 2.45) is 11.3 Å². The fraction of sp³-hybridized carbons (Fsp3) is 0.464. The highest BCUT2D eigenvalue weighted by Crippen LogP contribution is 2.44. The highest BCUT2D eigenvalue weighted by atomic mass is 16.5. The largest absolute Gasteiger partial charge is 0.481 e. The summed E-state index contributed by atoms with van der Waals surface area (Å²) >= 11 is 0. The number of carboxylic acids is 1. The molecule has 7 heteroatoms. The molecule has 1 heterocycles. The van der Waals surface area contributed by atoms with Crippen LogP contribution in [0.15, 0.2) is 48.5 Å². The van der Waals surface area contributed by atoms with E-state index in [2.05, 4.69) is 29.6 Å². The number of hydrogen-bond donors (Lipinski definition) is 2. The summed E-state index contributed by atoms with van der Waals surface area (Å²) in [5.41, 5.74) is 3.60. The second kappa shape index (κ2) is 10.1. The highest BCUT2D eigenvalue weighted by Gasteiger charge is 2.49. The second-order valence-corrected chi connectivity index (χ2v) is 9.94. The zero-order valence-corrected chi connectivity index (χ0v) is 20.6. The average Bonchev–Trinajstić information content (AvgIpc) is 3.43. The number of aliphatic carboxylic acids is 1. The van der Waals surface area contributed by atoms with Crippen LogP contribution in [0.1, 0.15) is 57.1 Å². The number of benzene rings is 2. The van der Waals surface area contributed by atoms with E-state index in [0.717, 1.165) is 22.3 Å². The van der Waals surface area contributed by atoms with Crippen LogP contribution in [-0.2, 0) is 14.3 Å². The Bertz CT molecular complexity index is 1070. The second-order valence-electron chi connectivity index (χ2n) is 9.94. The number of nitrogens with one attached hydrogen (secondary N) is 1. The molecule has 2 aromatic rings. The van der Waals surface area contributed by atoms with Gasteiger partial charge in [-0.15, -0.1) is 0 Å². The molecular weight excluding hydrogens is 444 g/mol. The number of carbonyl (C=O) groups is 3. The van der Waals surface area contributed by atoms with Gasteiger partial charge in [0.25, 0.3) is 0 Å². The van der Waals surface area contributed by atoms with Gasteiger partial charge < -0.3 is 20.1 Å². The Hall–Kier alpha value is -3.35. The van der Waals surface area contributed by atoms with Crippen LogP contribution in [0, 0.1) is 11.3 Å². The third-order valence-electron chi connectivity index (χ3n) is 7.65. The Morgan fingerprint density at radius 2 is 1.69 bits per heavy atom. The first-order valence-corrected chi connectivity index (χ1v) is 12.4. The lowest BCUT2D eigenvalue weighted by Crippen LogP contribution is -2.49. The number of hydrogen-bond acceptors (Lipinski definition) is 4. The van der Waals surface area contributed by atoms with E-state index < -0.39 is 23.5 Å². The first-order valence-electron chi connectivity index (χ1n) is 12.4. The monoisotopic (exact) mass is 478 g/mol. The highest BCUT2D eigenvalue weighted by molar-refractivity contribution is 5.87. The first kappa shape index (κ1) is 24.8. The van der Waals surface area contributed by atoms with Gasteiger partial charge in [-0.3, -0.25) is 9.59 Å². The van der Waals surface area contributed by atoms with Gasteiger partial charge in [0.1, 0.15) is 12.6 Å². The van der Waals surface area contributed by atoms with Crippen molar-refractivity contribution in [3.63, 3.8) is 0 Å². The van der Waals surface area contributed by atoms with Crippen molar-refractivity contribution in [3.05, 3.63) is 59.7 Å². The lowest BCUT2D eigenvalue weighted by atomic mass is 9.76. The standard InChI is InChI=1S/C28H34N2O5/c1-4-9-24(25(31)30-15-14-28(17-30,18(2)3)26(32)33)29-27(34)35-16-23-21-12-7-5-10-19(21)20-11-6-8-13-22(20)23/h5-8,10-13,18,23-24H,4,9,14-17H2,1-3H3,(H,29,34)(H,32,33)/t24-,28?/m1/s1. The molecule has 1 fully saturated rings. The number of likely N-dealkylation sites (tertiary alicyclic amines) is 1. The molecule has 35 heavy (non-hydrogen) atoms. The van der Waals surface area contributed by atoms with Gasteiger partial charge in [0.15, 0.2) is 0 Å². The molecule has 1 aliphatic heterocycles. The number of carboxylic acid groups (broad SMARTS) is 1. The number of ether oxygens (including phenoxy) is 1. The van der Waals surface area contributed by atoms with Gasteiger partial charge in [0.05, 0.1) is 5.41 Å². The minimum Gasteiger partial charge on any atom is -0.481 e. The summed E-state index contributed by atoms with van der Waals surface area (Å²) < 4.78 is 5.63. The molecular formula is C28H34N2O5. The molecule has 2 amide bonds. The van der Waals surface area contributed by atoms with E-state index in [-0.39, 0.29) is 30.9 Å². The van der Waals surface area contributed by atoms with Crippen molar-refractivity contribution in [2.75, 3.05) is 19.7 Å². The molecule has 7 nitrogen and oxygen atoms in total. The van der Waals surface area contributed by atoms with E-state index in [0.29, 0.717) is 25.8 Å². The summed E-state index contributed by atoms with van der Waals surface area (Å²) in [5.74, 6) is -1.28. The minimum absolute atomic E-state index is 0.0608. The van der Waals surface area contributed by atoms with E-state index in [9.17, 15) is 19.5 Å². The number of fused-ring (bicyclic) bond motifs is 3. The first-order chi connectivity index (χ1) is 16.8. The molecule has 1 saturated heterocycles. The Morgan fingerprint density at radius 3 is 2.20 bits per heavy atom. The molecule has 0 bridgehead atoms. The lowest BCUT2D eigenvalue weighted by molar-refractivity contribution is -0.151. The Labute approximate surface area is 206 Å². The fourth-order valence-corrected chi connectivity index (χ4v) is 5.46. The number of alkyl carbamates (subject to hydrolysis) is 1. The summed E-state index contributed by atoms with van der Waals surface area (Å²) in [6, 6.07) is 15.5. The molecule has 4 rings (SSSR count). The fourth-order valence-electron chi connectivity index (χ4n) is 5.46. The summed E-state index contributed by atoms with van der Waals surface area (Å²) in [6.07, 6.45) is 0.935. The van der Waals surface area contributed by atoms with E-state index in [4.69, 9.17) is 4.74 Å². The Balaban J connectivity index is 1.41. The maximum Gasteiger partial charge on any atom is 0.407 e. The predicted octanol–water partition coefficient (Wildman–Crippen LogP) is 4.65. The average molecular weight is 479 g/mol. The minimum atomic E-state index is -0.948. The maximum atomic E-state index is 13.3. The van der Waals surface area contributed by atoms with Crippen molar-refractivity contribution in [2.45, 2.75) is 52.0 Å². The SMILES string of the molecule is CCC[C@@H](NC(=O)OCC1c2ccccc2-c2ccccc21)C(=O)N1CCC(C(=O)O)(C(C)C)C1. The topological polar surface area (TPSA) is 95.9 Å². The third-order valence-corrected chi connectivity index (χ3v) is 7.65. The normalized spacial score (nSPS) is 19.8. The molecule has 2 N–H and O–H groups in total. The maximum absolute atomic E-state index is 13.3. The molecule has 2 aliphatic rings. The van der Waals surface area contributed by atoms with Gasteiger partial charge in [0, 0.05) is 19.0 Å². The number of nitrogens with zero attached hydrogens (tertiary/aromatic N) is 1. The van der Waals surface area contributed by atoms with Crippen LogP contribution in [-0.4, -0.2) is 53.7 Å². The van der Waals surface area contributed by atoms with E-state index in [1.54, 1.807) is 4.90 Å². The summed E-state index contributed by atoms with van der Waals surface area (Å²) in [7, 11) is 0. The molecule has 0 radical (unpaired) electrons. The molecule has 0 saturated carbocycles. The van der Waals surface area contributed by atoms with Crippen molar-refractivity contribution in [1.29, 1.82) is 0 Å². The van der Waals surface area contributed by atoms with E-state index in [1.807, 2.05) is 45.0 Å². The smallest absolute Gasteiger partial charge is 0.407 e. The Kier molecular flexibility index (Phi) is 7.15. The summed E-state index contributed by atoms with van der Waals surface area (Å²) in [6.45, 7) is 6.40. The lowest BCUT2D eigenvalue weighted by Gasteiger charge is -2.30. The van der Waals surface area contributed by atoms with Crippen LogP contribution < -0.4 is 5.32 Å². The molecule has 186 valence electrons. The van der Waals surface area contributed by atoms with Crippen LogP contribution >= 0.6 is 0 Å². The Morgan fingerprint density at radius 1 is 1.09 bits per heavy atom. The van der Waals surface area contributed by atoms with Gasteiger partial charge >= 0.3 is 12.1 Å². The van der Waals surface area contributed by atoms with Gasteiger partial charge in [0.2, 0.25) is 5.91 Å². The van der Waals surface area contributed by atoms with E-state index >= 15 is 0 Å². The number of carbonyl (C=O) groups excluding carboxylic acids is 2. The number of amides is 2. The van der Waals surface area contributed by atoms with Gasteiger partial charge in [-0.1, -0.05) is 75.7 Å². The number of rotatable bonds is 8. The van der Waals surface area contributed by atoms with Crippen molar-refractivity contribution < 1.29 is 24.2 Å². The zero-order chi connectivity index (χ0) is 25.2. The molecule has 2 aromatic carbocycles. The summed E-state index contributed by atoms with van der Waals surface area (Å²) in [5, 5.41) is 12.6. The van der Waals surface area contributed by atoms with Crippen LogP contribution in [0.3, 0.4) is 0 Å². The van der Waals surface area contributed by atoms with Crippen molar-refractivity contribution in [1.82, 2.24) is 10.2 Å². The van der Waals surface area contributed by atoms with Crippen LogP contribution in [0.25, 0.3) is 11.1 Å². The molecule has 1 aliphatic carbocycles. The van der Waals surface area contributed by atoms with Gasteiger partial charge in [-0.25, -0.2) is 4.79 Å². The van der Waals surface area contributed by atoms with Crippen LogP contribution in [0.2, 0.25) is 0 Å².